The molecule has 1 heterocycles. The third-order valence-electron chi connectivity index (χ3n) is 3.69. The molecule has 17 heavy (non-hydrogen) atoms. The lowest BCUT2D eigenvalue weighted by atomic mass is 9.91. The van der Waals surface area contributed by atoms with Gasteiger partial charge in [-0.2, -0.15) is 0 Å². The van der Waals surface area contributed by atoms with Gasteiger partial charge in [0.1, 0.15) is 5.76 Å². The maximum absolute atomic E-state index is 5.93. The third-order valence-corrected chi connectivity index (χ3v) is 3.69. The highest BCUT2D eigenvalue weighted by atomic mass is 16.5. The van der Waals surface area contributed by atoms with Crippen LogP contribution in [0.2, 0.25) is 0 Å². The number of rotatable bonds is 3. The van der Waals surface area contributed by atoms with Gasteiger partial charge in [0, 0.05) is 11.5 Å². The predicted molar refractivity (Wildman–Crippen MR) is 69.9 cm³/mol. The van der Waals surface area contributed by atoms with Gasteiger partial charge < -0.3 is 10.3 Å². The Labute approximate surface area is 104 Å². The molecule has 1 aliphatic carbocycles. The van der Waals surface area contributed by atoms with Crippen molar-refractivity contribution in [2.75, 3.05) is 5.73 Å². The van der Waals surface area contributed by atoms with Crippen LogP contribution < -0.4 is 5.73 Å². The molecule has 3 nitrogen and oxygen atoms in total. The molecule has 0 amide bonds. The highest BCUT2D eigenvalue weighted by Crippen LogP contribution is 2.36. The molecule has 0 radical (unpaired) electrons. The molecule has 2 rings (SSSR count). The molecule has 3 heteroatoms. The number of nitrogens with zero attached hydrogens (tertiary/aromatic N) is 1. The molecule has 0 atom stereocenters. The molecule has 0 aromatic carbocycles. The zero-order chi connectivity index (χ0) is 12.3. The average molecular weight is 236 g/mol. The van der Waals surface area contributed by atoms with Gasteiger partial charge in [-0.1, -0.05) is 44.7 Å². The van der Waals surface area contributed by atoms with Crippen molar-refractivity contribution in [2.24, 2.45) is 5.92 Å². The SMILES string of the molecule is CC(C)Cc1c(N)noc1C1CCCCCC1. The Kier molecular flexibility index (Phi) is 4.08. The standard InChI is InChI=1S/C14H24N2O/c1-10(2)9-12-13(17-16-14(12)15)11-7-5-3-4-6-8-11/h10-11H,3-9H2,1-2H3,(H2,15,16). The average Bonchev–Trinajstić information content (AvgIpc) is 2.55. The van der Waals surface area contributed by atoms with E-state index in [4.69, 9.17) is 10.3 Å². The van der Waals surface area contributed by atoms with Crippen LogP contribution in [0.3, 0.4) is 0 Å². The first-order chi connectivity index (χ1) is 8.18. The minimum absolute atomic E-state index is 0.552. The molecule has 0 unspecified atom stereocenters. The first-order valence-corrected chi connectivity index (χ1v) is 6.92. The van der Waals surface area contributed by atoms with Gasteiger partial charge in [-0.3, -0.25) is 0 Å². The maximum atomic E-state index is 5.93. The molecule has 0 saturated heterocycles. The van der Waals surface area contributed by atoms with Gasteiger partial charge >= 0.3 is 0 Å². The number of hydrogen-bond donors (Lipinski definition) is 1. The lowest BCUT2D eigenvalue weighted by Crippen LogP contribution is -2.04. The van der Waals surface area contributed by atoms with Gasteiger partial charge in [0.15, 0.2) is 5.82 Å². The minimum Gasteiger partial charge on any atom is -0.381 e. The van der Waals surface area contributed by atoms with E-state index in [9.17, 15) is 0 Å². The van der Waals surface area contributed by atoms with E-state index in [1.54, 1.807) is 0 Å². The molecule has 1 fully saturated rings. The number of nitrogens with two attached hydrogens (primary N) is 1. The monoisotopic (exact) mass is 236 g/mol. The van der Waals surface area contributed by atoms with Crippen molar-refractivity contribution in [1.82, 2.24) is 5.16 Å². The summed E-state index contributed by atoms with van der Waals surface area (Å²) < 4.78 is 5.52. The Morgan fingerprint density at radius 1 is 1.24 bits per heavy atom. The summed E-state index contributed by atoms with van der Waals surface area (Å²) in [5.74, 6) is 2.84. The zero-order valence-corrected chi connectivity index (χ0v) is 11.0. The van der Waals surface area contributed by atoms with E-state index >= 15 is 0 Å². The number of anilines is 1. The fourth-order valence-electron chi connectivity index (χ4n) is 2.81. The Hall–Kier alpha value is -0.990. The predicted octanol–water partition coefficient (Wildman–Crippen LogP) is 3.89. The van der Waals surface area contributed by atoms with Crippen molar-refractivity contribution in [2.45, 2.75) is 64.7 Å². The number of aromatic nitrogens is 1. The normalized spacial score (nSPS) is 18.5. The quantitative estimate of drug-likeness (QED) is 0.810. The number of hydrogen-bond acceptors (Lipinski definition) is 3. The first-order valence-electron chi connectivity index (χ1n) is 6.92. The van der Waals surface area contributed by atoms with Gasteiger partial charge in [-0.25, -0.2) is 0 Å². The molecule has 1 saturated carbocycles. The summed E-state index contributed by atoms with van der Waals surface area (Å²) in [4.78, 5) is 0. The van der Waals surface area contributed by atoms with E-state index in [-0.39, 0.29) is 0 Å². The van der Waals surface area contributed by atoms with E-state index in [1.807, 2.05) is 0 Å². The van der Waals surface area contributed by atoms with Crippen LogP contribution in [0.1, 0.15) is 69.6 Å². The fraction of sp³-hybridized carbons (Fsp3) is 0.786. The second-order valence-corrected chi connectivity index (χ2v) is 5.70. The molecular weight excluding hydrogens is 212 g/mol. The Morgan fingerprint density at radius 2 is 1.88 bits per heavy atom. The van der Waals surface area contributed by atoms with E-state index in [0.29, 0.717) is 17.7 Å². The summed E-state index contributed by atoms with van der Waals surface area (Å²) in [6.07, 6.45) is 8.80. The second kappa shape index (κ2) is 5.56. The first kappa shape index (κ1) is 12.5. The second-order valence-electron chi connectivity index (χ2n) is 5.70. The highest BCUT2D eigenvalue weighted by molar-refractivity contribution is 5.42. The molecule has 1 aromatic rings. The smallest absolute Gasteiger partial charge is 0.170 e. The molecule has 0 bridgehead atoms. The minimum atomic E-state index is 0.552. The Morgan fingerprint density at radius 3 is 2.47 bits per heavy atom. The van der Waals surface area contributed by atoms with E-state index in [0.717, 1.165) is 12.2 Å². The summed E-state index contributed by atoms with van der Waals surface area (Å²) in [5.41, 5.74) is 7.10. The van der Waals surface area contributed by atoms with Crippen molar-refractivity contribution in [3.63, 3.8) is 0 Å². The summed E-state index contributed by atoms with van der Waals surface area (Å²) in [5, 5.41) is 3.98. The molecular formula is C14H24N2O. The Bertz CT molecular complexity index is 349. The lowest BCUT2D eigenvalue weighted by molar-refractivity contribution is 0.346. The third kappa shape index (κ3) is 3.02. The molecule has 1 aromatic heterocycles. The van der Waals surface area contributed by atoms with Crippen LogP contribution in [0.4, 0.5) is 5.82 Å². The van der Waals surface area contributed by atoms with Crippen molar-refractivity contribution < 1.29 is 4.52 Å². The number of nitrogen functional groups attached to an aromatic ring is 1. The molecule has 0 spiro atoms. The van der Waals surface area contributed by atoms with E-state index in [2.05, 4.69) is 19.0 Å². The van der Waals surface area contributed by atoms with Crippen molar-refractivity contribution in [3.8, 4) is 0 Å². The van der Waals surface area contributed by atoms with Crippen molar-refractivity contribution >= 4 is 5.82 Å². The van der Waals surface area contributed by atoms with Crippen molar-refractivity contribution in [3.05, 3.63) is 11.3 Å². The molecule has 1 aliphatic rings. The van der Waals surface area contributed by atoms with Crippen LogP contribution in [0.5, 0.6) is 0 Å². The van der Waals surface area contributed by atoms with E-state index < -0.39 is 0 Å². The fourth-order valence-corrected chi connectivity index (χ4v) is 2.81. The topological polar surface area (TPSA) is 52.0 Å². The summed E-state index contributed by atoms with van der Waals surface area (Å²) in [6, 6.07) is 0. The van der Waals surface area contributed by atoms with Crippen LogP contribution in [0.25, 0.3) is 0 Å². The summed E-state index contributed by atoms with van der Waals surface area (Å²) in [6.45, 7) is 4.42. The van der Waals surface area contributed by atoms with Crippen LogP contribution >= 0.6 is 0 Å². The maximum Gasteiger partial charge on any atom is 0.170 e. The summed E-state index contributed by atoms with van der Waals surface area (Å²) in [7, 11) is 0. The molecule has 2 N–H and O–H groups in total. The zero-order valence-electron chi connectivity index (χ0n) is 11.0. The van der Waals surface area contributed by atoms with Gasteiger partial charge in [-0.05, 0) is 25.2 Å². The lowest BCUT2D eigenvalue weighted by Gasteiger charge is -2.13. The van der Waals surface area contributed by atoms with Gasteiger partial charge in [0.25, 0.3) is 0 Å². The van der Waals surface area contributed by atoms with Crippen LogP contribution in [-0.2, 0) is 6.42 Å². The van der Waals surface area contributed by atoms with Crippen molar-refractivity contribution in [1.29, 1.82) is 0 Å². The van der Waals surface area contributed by atoms with Crippen LogP contribution in [0, 0.1) is 5.92 Å². The summed E-state index contributed by atoms with van der Waals surface area (Å²) >= 11 is 0. The van der Waals surface area contributed by atoms with Crippen LogP contribution in [0.15, 0.2) is 4.52 Å². The van der Waals surface area contributed by atoms with Crippen LogP contribution in [-0.4, -0.2) is 5.16 Å². The Balaban J connectivity index is 2.18. The highest BCUT2D eigenvalue weighted by Gasteiger charge is 2.24. The van der Waals surface area contributed by atoms with Gasteiger partial charge in [-0.15, -0.1) is 0 Å². The molecule has 0 aliphatic heterocycles. The largest absolute Gasteiger partial charge is 0.381 e. The van der Waals surface area contributed by atoms with E-state index in [1.165, 1.54) is 44.1 Å². The van der Waals surface area contributed by atoms with Gasteiger partial charge in [0.05, 0.1) is 0 Å². The molecule has 96 valence electrons. The van der Waals surface area contributed by atoms with Gasteiger partial charge in [0.2, 0.25) is 0 Å².